The molecule has 1 heterocycles. The highest BCUT2D eigenvalue weighted by atomic mass is 19.4. The number of alkyl halides is 6. The van der Waals surface area contributed by atoms with Gasteiger partial charge in [0.25, 0.3) is 0 Å². The summed E-state index contributed by atoms with van der Waals surface area (Å²) in [5, 5.41) is -0.629. The largest absolute Gasteiger partial charge is 0.500 e. The van der Waals surface area contributed by atoms with Crippen LogP contribution in [0, 0.1) is 0 Å². The molecule has 0 unspecified atom stereocenters. The van der Waals surface area contributed by atoms with Crippen LogP contribution >= 0.6 is 0 Å². The van der Waals surface area contributed by atoms with Crippen molar-refractivity contribution in [1.29, 1.82) is 0 Å². The number of hydrogen-bond donors (Lipinski definition) is 2. The van der Waals surface area contributed by atoms with Gasteiger partial charge in [-0.2, -0.15) is 13.2 Å². The Labute approximate surface area is 67.9 Å². The van der Waals surface area contributed by atoms with Crippen LogP contribution < -0.4 is 11.0 Å². The van der Waals surface area contributed by atoms with Crippen molar-refractivity contribution in [3.8, 4) is 0 Å². The Morgan fingerprint density at radius 1 is 1.08 bits per heavy atom. The molecule has 0 atom stereocenters. The van der Waals surface area contributed by atoms with Crippen molar-refractivity contribution < 1.29 is 26.3 Å². The summed E-state index contributed by atoms with van der Waals surface area (Å²) >= 11 is 0. The maximum Gasteiger partial charge on any atom is 0.500 e. The van der Waals surface area contributed by atoms with Crippen LogP contribution in [0.1, 0.15) is 0 Å². The minimum atomic E-state index is -4.89. The van der Waals surface area contributed by atoms with Crippen molar-refractivity contribution in [1.82, 2.24) is 16.0 Å². The lowest BCUT2D eigenvalue weighted by atomic mass is 10.5. The van der Waals surface area contributed by atoms with Gasteiger partial charge in [-0.05, 0) is 0 Å². The average Bonchev–Trinajstić information content (AvgIpc) is 2.28. The summed E-state index contributed by atoms with van der Waals surface area (Å²) < 4.78 is 70.5. The Bertz CT molecular complexity index is 227. The zero-order chi connectivity index (χ0) is 10.3. The number of allylic oxidation sites excluding steroid dienone is 1. The quantitative estimate of drug-likeness (QED) is 0.462. The van der Waals surface area contributed by atoms with E-state index in [1.165, 1.54) is 11.0 Å². The molecule has 1 rings (SSSR count). The van der Waals surface area contributed by atoms with Gasteiger partial charge in [0.15, 0.2) is 5.70 Å². The number of nitrogens with one attached hydrogen (secondary N) is 2. The van der Waals surface area contributed by atoms with E-state index in [0.717, 1.165) is 0 Å². The van der Waals surface area contributed by atoms with E-state index in [4.69, 9.17) is 0 Å². The SMILES string of the molecule is FC(F)(F)C1=CN(C(F)(F)F)NN1. The number of hydrogen-bond acceptors (Lipinski definition) is 3. The fourth-order valence-electron chi connectivity index (χ4n) is 0.595. The first-order valence-electron chi connectivity index (χ1n) is 2.88. The molecule has 0 saturated carbocycles. The summed E-state index contributed by atoms with van der Waals surface area (Å²) in [6.07, 6.45) is -9.83. The Morgan fingerprint density at radius 2 is 1.62 bits per heavy atom. The molecule has 0 aromatic carbocycles. The van der Waals surface area contributed by atoms with Crippen LogP contribution in [0.25, 0.3) is 0 Å². The molecule has 0 aromatic heterocycles. The Kier molecular flexibility index (Phi) is 2.06. The van der Waals surface area contributed by atoms with E-state index in [9.17, 15) is 26.3 Å². The highest BCUT2D eigenvalue weighted by Gasteiger charge is 2.44. The standard InChI is InChI=1S/C4H3F6N3/c5-3(6,7)2-1-13(12-11-2)4(8,9)10/h1,11-12H. The van der Waals surface area contributed by atoms with Gasteiger partial charge in [0.2, 0.25) is 0 Å². The van der Waals surface area contributed by atoms with Crippen LogP contribution in [0.4, 0.5) is 26.3 Å². The first-order valence-corrected chi connectivity index (χ1v) is 2.88. The molecule has 0 aromatic rings. The Balaban J connectivity index is 2.76. The van der Waals surface area contributed by atoms with Crippen molar-refractivity contribution in [2.75, 3.05) is 0 Å². The third kappa shape index (κ3) is 2.17. The van der Waals surface area contributed by atoms with Crippen LogP contribution in [0.5, 0.6) is 0 Å². The van der Waals surface area contributed by atoms with E-state index in [-0.39, 0.29) is 6.20 Å². The number of hydrazine groups is 2. The molecule has 0 fully saturated rings. The number of rotatable bonds is 0. The molecule has 13 heavy (non-hydrogen) atoms. The molecule has 3 nitrogen and oxygen atoms in total. The number of nitrogens with zero attached hydrogens (tertiary/aromatic N) is 1. The monoisotopic (exact) mass is 207 g/mol. The van der Waals surface area contributed by atoms with Gasteiger partial charge in [-0.1, -0.05) is 0 Å². The van der Waals surface area contributed by atoms with Crippen molar-refractivity contribution in [2.24, 2.45) is 0 Å². The zero-order valence-corrected chi connectivity index (χ0v) is 5.79. The second kappa shape index (κ2) is 2.69. The maximum atomic E-state index is 11.8. The smallest absolute Gasteiger partial charge is 0.298 e. The highest BCUT2D eigenvalue weighted by Crippen LogP contribution is 2.29. The second-order valence-corrected chi connectivity index (χ2v) is 2.12. The molecular weight excluding hydrogens is 204 g/mol. The summed E-state index contributed by atoms with van der Waals surface area (Å²) in [5.41, 5.74) is 1.15. The van der Waals surface area contributed by atoms with Gasteiger partial charge < -0.3 is 0 Å². The van der Waals surface area contributed by atoms with Gasteiger partial charge in [0, 0.05) is 0 Å². The molecule has 1 aliphatic heterocycles. The Morgan fingerprint density at radius 3 is 1.85 bits per heavy atom. The molecule has 0 radical (unpaired) electrons. The van der Waals surface area contributed by atoms with Gasteiger partial charge in [0.1, 0.15) is 0 Å². The van der Waals surface area contributed by atoms with E-state index in [2.05, 4.69) is 0 Å². The van der Waals surface area contributed by atoms with Gasteiger partial charge in [-0.15, -0.1) is 18.7 Å². The molecule has 0 aliphatic carbocycles. The van der Waals surface area contributed by atoms with E-state index < -0.39 is 23.2 Å². The van der Waals surface area contributed by atoms with Crippen LogP contribution in [0.2, 0.25) is 0 Å². The van der Waals surface area contributed by atoms with E-state index in [0.29, 0.717) is 0 Å². The third-order valence-corrected chi connectivity index (χ3v) is 1.15. The summed E-state index contributed by atoms with van der Waals surface area (Å²) in [5.74, 6) is 0. The third-order valence-electron chi connectivity index (χ3n) is 1.15. The maximum absolute atomic E-state index is 11.8. The topological polar surface area (TPSA) is 27.3 Å². The lowest BCUT2D eigenvalue weighted by molar-refractivity contribution is -0.243. The molecule has 0 spiro atoms. The van der Waals surface area contributed by atoms with Crippen molar-refractivity contribution in [3.63, 3.8) is 0 Å². The van der Waals surface area contributed by atoms with Crippen molar-refractivity contribution in [3.05, 3.63) is 11.9 Å². The Hall–Kier alpha value is -1.12. The van der Waals surface area contributed by atoms with Gasteiger partial charge in [-0.3, -0.25) is 5.43 Å². The average molecular weight is 207 g/mol. The summed E-state index contributed by atoms with van der Waals surface area (Å²) in [4.78, 5) is 0. The molecule has 0 saturated heterocycles. The zero-order valence-electron chi connectivity index (χ0n) is 5.79. The van der Waals surface area contributed by atoms with Crippen molar-refractivity contribution >= 4 is 0 Å². The summed E-state index contributed by atoms with van der Waals surface area (Å²) in [6, 6.07) is 0. The van der Waals surface area contributed by atoms with E-state index in [1.54, 1.807) is 0 Å². The van der Waals surface area contributed by atoms with Crippen LogP contribution in [-0.2, 0) is 0 Å². The highest BCUT2D eigenvalue weighted by molar-refractivity contribution is 5.08. The van der Waals surface area contributed by atoms with Gasteiger partial charge in [0.05, 0.1) is 6.20 Å². The van der Waals surface area contributed by atoms with Crippen LogP contribution in [0.15, 0.2) is 11.9 Å². The molecule has 76 valence electrons. The normalized spacial score (nSPS) is 18.6. The van der Waals surface area contributed by atoms with Gasteiger partial charge >= 0.3 is 12.5 Å². The first-order chi connectivity index (χ1) is 5.71. The number of halogens is 6. The van der Waals surface area contributed by atoms with Gasteiger partial charge in [-0.25, -0.2) is 5.01 Å². The van der Waals surface area contributed by atoms with Crippen molar-refractivity contribution in [2.45, 2.75) is 12.5 Å². The molecule has 9 heteroatoms. The molecule has 1 aliphatic rings. The lowest BCUT2D eigenvalue weighted by Gasteiger charge is -2.17. The summed E-state index contributed by atoms with van der Waals surface area (Å²) in [6.45, 7) is 0. The fourth-order valence-corrected chi connectivity index (χ4v) is 0.595. The fraction of sp³-hybridized carbons (Fsp3) is 0.500. The predicted molar refractivity (Wildman–Crippen MR) is 28.3 cm³/mol. The van der Waals surface area contributed by atoms with E-state index in [1.807, 2.05) is 0 Å². The van der Waals surface area contributed by atoms with E-state index >= 15 is 0 Å². The molecule has 2 N–H and O–H groups in total. The minimum Gasteiger partial charge on any atom is -0.298 e. The lowest BCUT2D eigenvalue weighted by Crippen LogP contribution is -2.45. The first kappa shape index (κ1) is 9.96. The van der Waals surface area contributed by atoms with Crippen LogP contribution in [-0.4, -0.2) is 17.5 Å². The molecular formula is C4H3F6N3. The van der Waals surface area contributed by atoms with Crippen LogP contribution in [0.3, 0.4) is 0 Å². The molecule has 0 bridgehead atoms. The predicted octanol–water partition coefficient (Wildman–Crippen LogP) is 1.23. The molecule has 0 amide bonds. The minimum absolute atomic E-state index is 0.111. The second-order valence-electron chi connectivity index (χ2n) is 2.12. The summed E-state index contributed by atoms with van der Waals surface area (Å²) in [7, 11) is 0.